The monoisotopic (exact) mass is 384 g/mol. The zero-order valence-corrected chi connectivity index (χ0v) is 16.3. The number of carbonyl (C=O) groups is 2. The van der Waals surface area contributed by atoms with Crippen molar-refractivity contribution in [3.8, 4) is 0 Å². The first kappa shape index (κ1) is 18.8. The van der Waals surface area contributed by atoms with Gasteiger partial charge in [-0.25, -0.2) is 14.8 Å². The fraction of sp³-hybridized carbons (Fsp3) is 0.263. The van der Waals surface area contributed by atoms with Gasteiger partial charge in [-0.1, -0.05) is 6.07 Å². The number of carbonyl (C=O) groups excluding carboxylic acids is 2. The first-order valence-electron chi connectivity index (χ1n) is 8.45. The quantitative estimate of drug-likeness (QED) is 0.638. The smallest absolute Gasteiger partial charge is 0.348 e. The number of esters is 1. The van der Waals surface area contributed by atoms with Crippen LogP contribution in [-0.2, 0) is 9.53 Å². The van der Waals surface area contributed by atoms with Crippen LogP contribution in [0.4, 0.5) is 17.2 Å². The molecular weight excluding hydrogens is 364 g/mol. The van der Waals surface area contributed by atoms with Crippen molar-refractivity contribution in [2.45, 2.75) is 33.8 Å². The van der Waals surface area contributed by atoms with Crippen molar-refractivity contribution in [2.24, 2.45) is 0 Å². The van der Waals surface area contributed by atoms with Gasteiger partial charge in [0.25, 0.3) is 0 Å². The van der Waals surface area contributed by atoms with Crippen LogP contribution in [0.5, 0.6) is 0 Å². The Bertz CT molecular complexity index is 1010. The van der Waals surface area contributed by atoms with Crippen LogP contribution < -0.4 is 10.6 Å². The zero-order valence-electron chi connectivity index (χ0n) is 15.5. The van der Waals surface area contributed by atoms with E-state index in [2.05, 4.69) is 20.6 Å². The summed E-state index contributed by atoms with van der Waals surface area (Å²) in [6.45, 7) is 6.95. The Labute approximate surface area is 160 Å². The molecule has 2 N–H and O–H groups in total. The average Bonchev–Trinajstić information content (AvgIpc) is 2.92. The van der Waals surface area contributed by atoms with Gasteiger partial charge >= 0.3 is 5.97 Å². The number of benzene rings is 1. The van der Waals surface area contributed by atoms with Gasteiger partial charge in [-0.3, -0.25) is 4.79 Å². The SMILES string of the molecule is CC(=O)Nc1cccc(Nc2ncnc3sc(C(=O)OC(C)C)c(C)c23)c1. The second-order valence-corrected chi connectivity index (χ2v) is 7.30. The molecule has 1 aromatic carbocycles. The van der Waals surface area contributed by atoms with E-state index in [-0.39, 0.29) is 18.0 Å². The van der Waals surface area contributed by atoms with Gasteiger partial charge < -0.3 is 15.4 Å². The van der Waals surface area contributed by atoms with E-state index >= 15 is 0 Å². The summed E-state index contributed by atoms with van der Waals surface area (Å²) in [5.41, 5.74) is 2.22. The third kappa shape index (κ3) is 4.22. The van der Waals surface area contributed by atoms with Gasteiger partial charge in [-0.15, -0.1) is 11.3 Å². The van der Waals surface area contributed by atoms with Gasteiger partial charge in [-0.05, 0) is 44.5 Å². The summed E-state index contributed by atoms with van der Waals surface area (Å²) < 4.78 is 5.32. The number of hydrogen-bond acceptors (Lipinski definition) is 7. The predicted molar refractivity (Wildman–Crippen MR) is 107 cm³/mol. The summed E-state index contributed by atoms with van der Waals surface area (Å²) in [6, 6.07) is 7.32. The predicted octanol–water partition coefficient (Wildman–Crippen LogP) is 4.27. The molecule has 0 aliphatic heterocycles. The zero-order chi connectivity index (χ0) is 19.6. The number of ether oxygens (including phenoxy) is 1. The van der Waals surface area contributed by atoms with Crippen molar-refractivity contribution in [3.63, 3.8) is 0 Å². The van der Waals surface area contributed by atoms with Crippen LogP contribution in [0.1, 0.15) is 36.0 Å². The standard InChI is InChI=1S/C19H20N4O3S/c1-10(2)26-19(25)16-11(3)15-17(20-9-21-18(15)27-16)23-14-7-5-6-13(8-14)22-12(4)24/h5-10H,1-4H3,(H,22,24)(H,20,21,23). The molecule has 0 atom stereocenters. The van der Waals surface area contributed by atoms with E-state index in [0.717, 1.165) is 16.6 Å². The van der Waals surface area contributed by atoms with Crippen molar-refractivity contribution in [2.75, 3.05) is 10.6 Å². The first-order chi connectivity index (χ1) is 12.8. The van der Waals surface area contributed by atoms with Crippen molar-refractivity contribution >= 4 is 50.6 Å². The molecule has 0 spiro atoms. The molecule has 0 bridgehead atoms. The highest BCUT2D eigenvalue weighted by atomic mass is 32.1. The van der Waals surface area contributed by atoms with Gasteiger partial charge in [0.2, 0.25) is 5.91 Å². The number of thiophene rings is 1. The lowest BCUT2D eigenvalue weighted by atomic mass is 10.2. The van der Waals surface area contributed by atoms with Gasteiger partial charge in [0.05, 0.1) is 11.5 Å². The van der Waals surface area contributed by atoms with Crippen LogP contribution in [0.15, 0.2) is 30.6 Å². The van der Waals surface area contributed by atoms with E-state index < -0.39 is 0 Å². The maximum atomic E-state index is 12.3. The van der Waals surface area contributed by atoms with Crippen LogP contribution in [0.25, 0.3) is 10.2 Å². The minimum absolute atomic E-state index is 0.140. The summed E-state index contributed by atoms with van der Waals surface area (Å²) in [7, 11) is 0. The van der Waals surface area contributed by atoms with Gasteiger partial charge in [0.1, 0.15) is 21.9 Å². The van der Waals surface area contributed by atoms with E-state index in [1.54, 1.807) is 6.07 Å². The van der Waals surface area contributed by atoms with E-state index in [0.29, 0.717) is 21.2 Å². The lowest BCUT2D eigenvalue weighted by Gasteiger charge is -2.09. The van der Waals surface area contributed by atoms with Crippen LogP contribution >= 0.6 is 11.3 Å². The van der Waals surface area contributed by atoms with Crippen molar-refractivity contribution in [3.05, 3.63) is 41.0 Å². The summed E-state index contributed by atoms with van der Waals surface area (Å²) in [4.78, 5) is 33.4. The average molecular weight is 384 g/mol. The number of amides is 1. The highest BCUT2D eigenvalue weighted by Crippen LogP contribution is 2.35. The van der Waals surface area contributed by atoms with Crippen molar-refractivity contribution in [1.29, 1.82) is 0 Å². The number of aromatic nitrogens is 2. The molecular formula is C19H20N4O3S. The maximum absolute atomic E-state index is 12.3. The normalized spacial score (nSPS) is 10.9. The lowest BCUT2D eigenvalue weighted by molar-refractivity contribution is -0.114. The molecule has 1 amide bonds. The van der Waals surface area contributed by atoms with Gasteiger partial charge in [-0.2, -0.15) is 0 Å². The molecule has 8 heteroatoms. The fourth-order valence-electron chi connectivity index (χ4n) is 2.64. The third-order valence-electron chi connectivity index (χ3n) is 3.70. The number of fused-ring (bicyclic) bond motifs is 1. The van der Waals surface area contributed by atoms with Crippen molar-refractivity contribution in [1.82, 2.24) is 9.97 Å². The number of hydrogen-bond donors (Lipinski definition) is 2. The minimum Gasteiger partial charge on any atom is -0.459 e. The third-order valence-corrected chi connectivity index (χ3v) is 4.88. The highest BCUT2D eigenvalue weighted by molar-refractivity contribution is 7.20. The Morgan fingerprint density at radius 3 is 2.63 bits per heavy atom. The molecule has 2 aromatic heterocycles. The Balaban J connectivity index is 1.97. The molecule has 3 aromatic rings. The second-order valence-electron chi connectivity index (χ2n) is 6.30. The summed E-state index contributed by atoms with van der Waals surface area (Å²) in [6.07, 6.45) is 1.26. The Morgan fingerprint density at radius 2 is 1.93 bits per heavy atom. The van der Waals surface area contributed by atoms with Crippen molar-refractivity contribution < 1.29 is 14.3 Å². The lowest BCUT2D eigenvalue weighted by Crippen LogP contribution is -2.11. The first-order valence-corrected chi connectivity index (χ1v) is 9.26. The van der Waals surface area contributed by atoms with Gasteiger partial charge in [0.15, 0.2) is 0 Å². The molecule has 0 aliphatic rings. The molecule has 0 radical (unpaired) electrons. The molecule has 0 saturated heterocycles. The number of rotatable bonds is 5. The number of nitrogens with zero attached hydrogens (tertiary/aromatic N) is 2. The van der Waals surface area contributed by atoms with E-state index in [9.17, 15) is 9.59 Å². The summed E-state index contributed by atoms with van der Waals surface area (Å²) in [5, 5.41) is 6.77. The summed E-state index contributed by atoms with van der Waals surface area (Å²) >= 11 is 1.29. The molecule has 2 heterocycles. The molecule has 140 valence electrons. The number of nitrogens with one attached hydrogen (secondary N) is 2. The van der Waals surface area contributed by atoms with Crippen LogP contribution in [-0.4, -0.2) is 27.9 Å². The number of aryl methyl sites for hydroxylation is 1. The summed E-state index contributed by atoms with van der Waals surface area (Å²) in [5.74, 6) is 0.0972. The Morgan fingerprint density at radius 1 is 1.19 bits per heavy atom. The molecule has 0 aliphatic carbocycles. The van der Waals surface area contributed by atoms with Gasteiger partial charge in [0, 0.05) is 18.3 Å². The Kier molecular flexibility index (Phi) is 5.36. The molecule has 0 fully saturated rings. The largest absolute Gasteiger partial charge is 0.459 e. The number of anilines is 3. The fourth-order valence-corrected chi connectivity index (χ4v) is 3.68. The highest BCUT2D eigenvalue weighted by Gasteiger charge is 2.21. The molecule has 3 rings (SSSR count). The van der Waals surface area contributed by atoms with Crippen LogP contribution in [0.2, 0.25) is 0 Å². The molecule has 0 saturated carbocycles. The second kappa shape index (κ2) is 7.71. The van der Waals surface area contributed by atoms with E-state index in [4.69, 9.17) is 4.74 Å². The van der Waals surface area contributed by atoms with E-state index in [1.807, 2.05) is 39.0 Å². The molecule has 0 unspecified atom stereocenters. The van der Waals surface area contributed by atoms with E-state index in [1.165, 1.54) is 24.6 Å². The Hall–Kier alpha value is -3.00. The molecule has 7 nitrogen and oxygen atoms in total. The molecule has 27 heavy (non-hydrogen) atoms. The maximum Gasteiger partial charge on any atom is 0.348 e. The van der Waals surface area contributed by atoms with Crippen LogP contribution in [0, 0.1) is 6.92 Å². The van der Waals surface area contributed by atoms with Crippen LogP contribution in [0.3, 0.4) is 0 Å². The topological polar surface area (TPSA) is 93.2 Å². The minimum atomic E-state index is -0.357.